The molecule has 2 rings (SSSR count). The van der Waals surface area contributed by atoms with Crippen LogP contribution in [-0.2, 0) is 14.3 Å². The minimum absolute atomic E-state index is 0.494. The molecule has 144 valence electrons. The van der Waals surface area contributed by atoms with Crippen molar-refractivity contribution < 1.29 is 28.6 Å². The summed E-state index contributed by atoms with van der Waals surface area (Å²) in [5.41, 5.74) is 12.3. The molecule has 0 aromatic rings. The third kappa shape index (κ3) is 3.73. The Hall–Kier alpha value is -2.40. The molecule has 2 aliphatic rings. The molecule has 12 heteroatoms. The van der Waals surface area contributed by atoms with Crippen LogP contribution in [0.1, 0.15) is 13.8 Å². The highest BCUT2D eigenvalue weighted by molar-refractivity contribution is 5.77. The number of hydrogen-bond acceptors (Lipinski definition) is 7. The summed E-state index contributed by atoms with van der Waals surface area (Å²) in [6.07, 6.45) is -3.18. The fourth-order valence-electron chi connectivity index (χ4n) is 2.63. The van der Waals surface area contributed by atoms with Crippen molar-refractivity contribution >= 4 is 12.0 Å². The van der Waals surface area contributed by atoms with Crippen LogP contribution in [0.4, 0.5) is 9.18 Å². The van der Waals surface area contributed by atoms with Crippen molar-refractivity contribution in [3.63, 3.8) is 0 Å². The minimum atomic E-state index is -2.00. The second-order valence-electron chi connectivity index (χ2n) is 6.30. The molecule has 26 heavy (non-hydrogen) atoms. The Bertz CT molecular complexity index is 639. The zero-order valence-electron chi connectivity index (χ0n) is 14.3. The van der Waals surface area contributed by atoms with Crippen LogP contribution in [0.2, 0.25) is 0 Å². The van der Waals surface area contributed by atoms with Crippen LogP contribution in [0, 0.1) is 5.92 Å². The summed E-state index contributed by atoms with van der Waals surface area (Å²) in [6.45, 7) is 1.82. The maximum atomic E-state index is 15.1. The van der Waals surface area contributed by atoms with E-state index >= 15 is 4.39 Å². The van der Waals surface area contributed by atoms with Gasteiger partial charge in [0.2, 0.25) is 0 Å². The number of nitrogens with zero attached hydrogens (tertiary/aromatic N) is 4. The van der Waals surface area contributed by atoms with Gasteiger partial charge in [-0.05, 0) is 11.6 Å². The first-order chi connectivity index (χ1) is 12.3. The van der Waals surface area contributed by atoms with E-state index < -0.39 is 61.3 Å². The van der Waals surface area contributed by atoms with E-state index in [0.29, 0.717) is 0 Å². The normalized spacial score (nSPS) is 33.8. The number of rotatable bonds is 6. The third-order valence-electron chi connectivity index (χ3n) is 4.07. The number of ether oxygens (including phenoxy) is 2. The Morgan fingerprint density at radius 2 is 2.38 bits per heavy atom. The number of azide groups is 1. The van der Waals surface area contributed by atoms with Crippen LogP contribution >= 0.6 is 0 Å². The minimum Gasteiger partial charge on any atom is -0.456 e. The Morgan fingerprint density at radius 1 is 1.69 bits per heavy atom. The number of nitrogens with one attached hydrogen (secondary N) is 1. The highest BCUT2D eigenvalue weighted by atomic mass is 19.1. The summed E-state index contributed by atoms with van der Waals surface area (Å²) < 4.78 is 25.8. The van der Waals surface area contributed by atoms with Gasteiger partial charge in [0.25, 0.3) is 0 Å². The number of urea groups is 1. The van der Waals surface area contributed by atoms with Gasteiger partial charge in [-0.25, -0.2) is 9.18 Å². The number of carbonyl (C=O) groups excluding carboxylic acids is 2. The average Bonchev–Trinajstić information content (AvgIpc) is 2.86. The van der Waals surface area contributed by atoms with Crippen molar-refractivity contribution in [3.8, 4) is 0 Å². The Balaban J connectivity index is 2.36. The number of halogens is 1. The van der Waals surface area contributed by atoms with Gasteiger partial charge in [0.15, 0.2) is 18.5 Å². The van der Waals surface area contributed by atoms with Gasteiger partial charge < -0.3 is 25.6 Å². The van der Waals surface area contributed by atoms with E-state index in [2.05, 4.69) is 15.3 Å². The van der Waals surface area contributed by atoms with Crippen LogP contribution < -0.4 is 11.1 Å². The molecule has 2 aliphatic heterocycles. The zero-order chi connectivity index (χ0) is 19.5. The third-order valence-corrected chi connectivity index (χ3v) is 4.07. The first-order valence-electron chi connectivity index (χ1n) is 7.92. The van der Waals surface area contributed by atoms with Crippen LogP contribution in [0.5, 0.6) is 0 Å². The topological polar surface area (TPSA) is 163 Å². The average molecular weight is 372 g/mol. The number of nitrogens with two attached hydrogens (primary N) is 1. The molecule has 4 N–H and O–H groups in total. The van der Waals surface area contributed by atoms with E-state index in [1.807, 2.05) is 0 Å². The highest BCUT2D eigenvalue weighted by Crippen LogP contribution is 2.38. The van der Waals surface area contributed by atoms with E-state index in [9.17, 15) is 14.7 Å². The molecule has 2 heterocycles. The SMILES string of the molecule is CC(C)C(=O)O[C@H]1[C@@H](F)[C@H](N2C=CC(N)NC2=O)O[C@@]1(CO)CN=[N+]=[N-]. The standard InChI is InChI=1S/C14H21FN6O5/c1-7(2)12(23)25-10-9(15)11(21-4-3-8(16)19-13(21)24)26-14(10,6-22)5-18-20-17/h3-4,7-11,22H,5-6,16H2,1-2H3,(H,19,24)/t8?,9-,10+,11-,14-/m1/s1. The van der Waals surface area contributed by atoms with Gasteiger partial charge in [-0.15, -0.1) is 0 Å². The quantitative estimate of drug-likeness (QED) is 0.259. The van der Waals surface area contributed by atoms with E-state index in [-0.39, 0.29) is 0 Å². The van der Waals surface area contributed by atoms with Crippen molar-refractivity contribution in [3.05, 3.63) is 22.7 Å². The number of hydrogen-bond donors (Lipinski definition) is 3. The van der Waals surface area contributed by atoms with Gasteiger partial charge in [-0.1, -0.05) is 19.0 Å². The Labute approximate surface area is 148 Å². The molecule has 0 spiro atoms. The molecule has 1 fully saturated rings. The fraction of sp³-hybridized carbons (Fsp3) is 0.714. The van der Waals surface area contributed by atoms with Crippen molar-refractivity contribution in [1.29, 1.82) is 0 Å². The van der Waals surface area contributed by atoms with Gasteiger partial charge in [-0.3, -0.25) is 9.69 Å². The molecular weight excluding hydrogens is 351 g/mol. The maximum absolute atomic E-state index is 15.1. The summed E-state index contributed by atoms with van der Waals surface area (Å²) in [6, 6.07) is -0.723. The maximum Gasteiger partial charge on any atom is 0.325 e. The Morgan fingerprint density at radius 3 is 2.92 bits per heavy atom. The second-order valence-corrected chi connectivity index (χ2v) is 6.30. The summed E-state index contributed by atoms with van der Waals surface area (Å²) in [5, 5.41) is 15.5. The molecule has 0 bridgehead atoms. The van der Waals surface area contributed by atoms with Crippen molar-refractivity contribution in [2.45, 2.75) is 44.1 Å². The summed E-state index contributed by atoms with van der Waals surface area (Å²) in [7, 11) is 0. The summed E-state index contributed by atoms with van der Waals surface area (Å²) in [4.78, 5) is 27.5. The number of esters is 1. The van der Waals surface area contributed by atoms with Gasteiger partial charge in [0, 0.05) is 11.1 Å². The predicted octanol–water partition coefficient (Wildman–Crippen LogP) is 0.114. The molecular formula is C14H21FN6O5. The van der Waals surface area contributed by atoms with Crippen LogP contribution in [0.3, 0.4) is 0 Å². The lowest BCUT2D eigenvalue weighted by Gasteiger charge is -2.32. The lowest BCUT2D eigenvalue weighted by molar-refractivity contribution is -0.170. The molecule has 5 atom stereocenters. The van der Waals surface area contributed by atoms with Crippen LogP contribution in [0.25, 0.3) is 10.4 Å². The number of amides is 2. The molecule has 0 aromatic heterocycles. The molecule has 1 saturated heterocycles. The van der Waals surface area contributed by atoms with Crippen LogP contribution in [0.15, 0.2) is 17.4 Å². The van der Waals surface area contributed by atoms with Gasteiger partial charge in [0.1, 0.15) is 5.60 Å². The number of aliphatic hydroxyl groups excluding tert-OH is 1. The van der Waals surface area contributed by atoms with Crippen LogP contribution in [-0.4, -0.2) is 65.4 Å². The highest BCUT2D eigenvalue weighted by Gasteiger charge is 2.60. The number of carbonyl (C=O) groups is 2. The van der Waals surface area contributed by atoms with Gasteiger partial charge in [-0.2, -0.15) is 0 Å². The summed E-state index contributed by atoms with van der Waals surface area (Å²) >= 11 is 0. The van der Waals surface area contributed by atoms with Gasteiger partial charge in [0.05, 0.1) is 25.2 Å². The van der Waals surface area contributed by atoms with Crippen molar-refractivity contribution in [2.75, 3.05) is 13.2 Å². The molecule has 0 radical (unpaired) electrons. The number of aliphatic hydroxyl groups is 1. The zero-order valence-corrected chi connectivity index (χ0v) is 14.3. The Kier molecular flexibility index (Phi) is 6.03. The smallest absolute Gasteiger partial charge is 0.325 e. The molecule has 2 amide bonds. The number of alkyl halides is 1. The molecule has 0 aliphatic carbocycles. The lowest BCUT2D eigenvalue weighted by atomic mass is 9.96. The fourth-order valence-corrected chi connectivity index (χ4v) is 2.63. The predicted molar refractivity (Wildman–Crippen MR) is 85.8 cm³/mol. The van der Waals surface area contributed by atoms with Crippen molar-refractivity contribution in [2.24, 2.45) is 16.8 Å². The first-order valence-corrected chi connectivity index (χ1v) is 7.92. The van der Waals surface area contributed by atoms with Crippen molar-refractivity contribution in [1.82, 2.24) is 10.2 Å². The second kappa shape index (κ2) is 7.87. The van der Waals surface area contributed by atoms with E-state index in [4.69, 9.17) is 20.7 Å². The molecule has 0 saturated carbocycles. The summed E-state index contributed by atoms with van der Waals surface area (Å²) in [5.74, 6) is -1.28. The van der Waals surface area contributed by atoms with E-state index in [1.54, 1.807) is 13.8 Å². The largest absolute Gasteiger partial charge is 0.456 e. The molecule has 0 aromatic carbocycles. The van der Waals surface area contributed by atoms with E-state index in [0.717, 1.165) is 4.90 Å². The van der Waals surface area contributed by atoms with E-state index in [1.165, 1.54) is 12.3 Å². The van der Waals surface area contributed by atoms with Gasteiger partial charge >= 0.3 is 12.0 Å². The molecule has 11 nitrogen and oxygen atoms in total. The lowest BCUT2D eigenvalue weighted by Crippen LogP contribution is -2.54. The first kappa shape index (κ1) is 19.9. The monoisotopic (exact) mass is 372 g/mol. The molecule has 1 unspecified atom stereocenters.